The van der Waals surface area contributed by atoms with Gasteiger partial charge in [-0.3, -0.25) is 14.5 Å². The number of nitrogens with one attached hydrogen (secondary N) is 1. The maximum absolute atomic E-state index is 13.5. The van der Waals surface area contributed by atoms with Gasteiger partial charge in [-0.15, -0.1) is 11.3 Å². The lowest BCUT2D eigenvalue weighted by molar-refractivity contribution is -0.132. The Hall–Kier alpha value is -2.39. The van der Waals surface area contributed by atoms with Gasteiger partial charge in [0.1, 0.15) is 0 Å². The van der Waals surface area contributed by atoms with Gasteiger partial charge in [0.15, 0.2) is 22.2 Å². The minimum Gasteiger partial charge on any atom is -0.339 e. The van der Waals surface area contributed by atoms with E-state index in [1.165, 1.54) is 22.3 Å². The summed E-state index contributed by atoms with van der Waals surface area (Å²) in [5.41, 5.74) is 0.531. The monoisotopic (exact) mass is 408 g/mol. The summed E-state index contributed by atoms with van der Waals surface area (Å²) in [7, 11) is 1.64. The molecule has 0 bridgehead atoms. The molecule has 1 unspecified atom stereocenters. The molecule has 0 aliphatic carbocycles. The van der Waals surface area contributed by atoms with Crippen LogP contribution < -0.4 is 0 Å². The summed E-state index contributed by atoms with van der Waals surface area (Å²) >= 11 is 6.80. The van der Waals surface area contributed by atoms with Crippen LogP contribution in [-0.4, -0.2) is 32.6 Å². The minimum absolute atomic E-state index is 0.132. The van der Waals surface area contributed by atoms with E-state index >= 15 is 0 Å². The van der Waals surface area contributed by atoms with Crippen LogP contribution in [0.4, 0.5) is 8.78 Å². The van der Waals surface area contributed by atoms with Gasteiger partial charge in [-0.1, -0.05) is 12.1 Å². The minimum atomic E-state index is -0.925. The Kier molecular flexibility index (Phi) is 5.81. The highest BCUT2D eigenvalue weighted by atomic mass is 32.1. The first kappa shape index (κ1) is 19.4. The number of H-pyrrole nitrogens is 1. The molecule has 1 aromatic carbocycles. The molecule has 3 rings (SSSR count). The van der Waals surface area contributed by atoms with Gasteiger partial charge >= 0.3 is 0 Å². The fraction of sp³-hybridized carbons (Fsp3) is 0.278. The number of aromatic amines is 1. The molecule has 0 saturated heterocycles. The Balaban J connectivity index is 1.70. The fourth-order valence-electron chi connectivity index (χ4n) is 2.71. The predicted octanol–water partition coefficient (Wildman–Crippen LogP) is 4.56. The maximum Gasteiger partial charge on any atom is 0.224 e. The Morgan fingerprint density at radius 3 is 2.81 bits per heavy atom. The van der Waals surface area contributed by atoms with E-state index in [1.54, 1.807) is 18.5 Å². The molecule has 2 aromatic heterocycles. The Morgan fingerprint density at radius 2 is 2.15 bits per heavy atom. The second kappa shape index (κ2) is 8.10. The molecule has 5 nitrogen and oxygen atoms in total. The second-order valence-electron chi connectivity index (χ2n) is 6.09. The van der Waals surface area contributed by atoms with Crippen LogP contribution in [0, 0.1) is 16.4 Å². The first-order valence-corrected chi connectivity index (χ1v) is 9.57. The Bertz CT molecular complexity index is 997. The zero-order chi connectivity index (χ0) is 19.6. The Morgan fingerprint density at radius 1 is 1.37 bits per heavy atom. The van der Waals surface area contributed by atoms with Gasteiger partial charge in [-0.05, 0) is 48.3 Å². The third kappa shape index (κ3) is 4.14. The highest BCUT2D eigenvalue weighted by molar-refractivity contribution is 7.71. The summed E-state index contributed by atoms with van der Waals surface area (Å²) in [5, 5.41) is 8.94. The number of rotatable bonds is 6. The average Bonchev–Trinajstić information content (AvgIpc) is 3.30. The van der Waals surface area contributed by atoms with Crippen molar-refractivity contribution in [2.24, 2.45) is 0 Å². The first-order valence-electron chi connectivity index (χ1n) is 8.28. The lowest BCUT2D eigenvalue weighted by atomic mass is 10.1. The number of carbonyl (C=O) groups excluding carboxylic acids is 1. The standard InChI is InChI=1S/C18H18F2N4OS2/c1-11(12-5-6-13(19)14(20)10-12)23(2)16(25)7-8-24-17(21-22-18(24)26)15-4-3-9-27-15/h3-6,9-11H,7-8H2,1-2H3,(H,22,26). The molecule has 142 valence electrons. The molecule has 0 aliphatic heterocycles. The zero-order valence-corrected chi connectivity index (χ0v) is 16.4. The van der Waals surface area contributed by atoms with Gasteiger partial charge in [-0.2, -0.15) is 5.10 Å². The molecule has 27 heavy (non-hydrogen) atoms. The topological polar surface area (TPSA) is 53.9 Å². The third-order valence-electron chi connectivity index (χ3n) is 4.45. The average molecular weight is 408 g/mol. The van der Waals surface area contributed by atoms with E-state index in [2.05, 4.69) is 10.2 Å². The van der Waals surface area contributed by atoms with Gasteiger partial charge < -0.3 is 4.90 Å². The molecule has 0 spiro atoms. The van der Waals surface area contributed by atoms with Crippen molar-refractivity contribution in [2.75, 3.05) is 7.05 Å². The van der Waals surface area contributed by atoms with E-state index in [0.29, 0.717) is 22.7 Å². The van der Waals surface area contributed by atoms with Crippen molar-refractivity contribution >= 4 is 29.5 Å². The molecule has 1 amide bonds. The van der Waals surface area contributed by atoms with Crippen LogP contribution in [0.15, 0.2) is 35.7 Å². The summed E-state index contributed by atoms with van der Waals surface area (Å²) in [4.78, 5) is 15.1. The smallest absolute Gasteiger partial charge is 0.224 e. The number of nitrogens with zero attached hydrogens (tertiary/aromatic N) is 3. The number of hydrogen-bond donors (Lipinski definition) is 1. The lowest BCUT2D eigenvalue weighted by Gasteiger charge is -2.25. The molecule has 9 heteroatoms. The van der Waals surface area contributed by atoms with E-state index in [-0.39, 0.29) is 18.4 Å². The van der Waals surface area contributed by atoms with Crippen molar-refractivity contribution in [1.29, 1.82) is 0 Å². The Labute approximate surface area is 164 Å². The zero-order valence-electron chi connectivity index (χ0n) is 14.8. The van der Waals surface area contributed by atoms with Gasteiger partial charge in [0.05, 0.1) is 10.9 Å². The number of benzene rings is 1. The van der Waals surface area contributed by atoms with Crippen molar-refractivity contribution in [1.82, 2.24) is 19.7 Å². The quantitative estimate of drug-likeness (QED) is 0.609. The summed E-state index contributed by atoms with van der Waals surface area (Å²) < 4.78 is 28.8. The number of hydrogen-bond acceptors (Lipinski definition) is 4. The van der Waals surface area contributed by atoms with E-state index in [4.69, 9.17) is 12.2 Å². The summed E-state index contributed by atoms with van der Waals surface area (Å²) in [6.45, 7) is 2.14. The lowest BCUT2D eigenvalue weighted by Crippen LogP contribution is -2.30. The van der Waals surface area contributed by atoms with Crippen LogP contribution >= 0.6 is 23.6 Å². The SMILES string of the molecule is CC(c1ccc(F)c(F)c1)N(C)C(=O)CCn1c(-c2cccs2)n[nH]c1=S. The number of aromatic nitrogens is 3. The van der Waals surface area contributed by atoms with Crippen LogP contribution in [0.5, 0.6) is 0 Å². The number of amides is 1. The molecule has 0 saturated carbocycles. The van der Waals surface area contributed by atoms with Crippen molar-refractivity contribution in [2.45, 2.75) is 25.9 Å². The number of halogens is 2. The molecule has 1 atom stereocenters. The second-order valence-corrected chi connectivity index (χ2v) is 7.42. The largest absolute Gasteiger partial charge is 0.339 e. The molecule has 2 heterocycles. The molecule has 0 radical (unpaired) electrons. The van der Waals surface area contributed by atoms with Crippen LogP contribution in [0.25, 0.3) is 10.7 Å². The first-order chi connectivity index (χ1) is 12.9. The number of carbonyl (C=O) groups is 1. The fourth-order valence-corrected chi connectivity index (χ4v) is 3.66. The molecular weight excluding hydrogens is 390 g/mol. The predicted molar refractivity (Wildman–Crippen MR) is 103 cm³/mol. The van der Waals surface area contributed by atoms with Crippen LogP contribution in [0.3, 0.4) is 0 Å². The molecule has 3 aromatic rings. The van der Waals surface area contributed by atoms with Gasteiger partial charge in [0.2, 0.25) is 5.91 Å². The molecule has 0 fully saturated rings. The molecule has 0 aliphatic rings. The van der Waals surface area contributed by atoms with E-state index in [0.717, 1.165) is 17.0 Å². The van der Waals surface area contributed by atoms with Crippen LogP contribution in [0.1, 0.15) is 24.9 Å². The van der Waals surface area contributed by atoms with Crippen molar-refractivity contribution in [3.05, 3.63) is 57.7 Å². The van der Waals surface area contributed by atoms with Gasteiger partial charge in [-0.25, -0.2) is 8.78 Å². The van der Waals surface area contributed by atoms with Gasteiger partial charge in [0, 0.05) is 20.0 Å². The van der Waals surface area contributed by atoms with Gasteiger partial charge in [0.25, 0.3) is 0 Å². The summed E-state index contributed by atoms with van der Waals surface area (Å²) in [5.74, 6) is -1.27. The maximum atomic E-state index is 13.5. The van der Waals surface area contributed by atoms with E-state index in [9.17, 15) is 13.6 Å². The van der Waals surface area contributed by atoms with Crippen molar-refractivity contribution in [3.63, 3.8) is 0 Å². The van der Waals surface area contributed by atoms with Crippen molar-refractivity contribution in [3.8, 4) is 10.7 Å². The van der Waals surface area contributed by atoms with Crippen LogP contribution in [0.2, 0.25) is 0 Å². The molecular formula is C18H18F2N4OS2. The van der Waals surface area contributed by atoms with E-state index < -0.39 is 11.6 Å². The normalized spacial score (nSPS) is 12.1. The van der Waals surface area contributed by atoms with Crippen LogP contribution in [-0.2, 0) is 11.3 Å². The summed E-state index contributed by atoms with van der Waals surface area (Å²) in [6.07, 6.45) is 0.205. The highest BCUT2D eigenvalue weighted by Gasteiger charge is 2.19. The third-order valence-corrected chi connectivity index (χ3v) is 5.63. The highest BCUT2D eigenvalue weighted by Crippen LogP contribution is 2.24. The number of thiophene rings is 1. The molecule has 1 N–H and O–H groups in total. The summed E-state index contributed by atoms with van der Waals surface area (Å²) in [6, 6.07) is 7.13. The van der Waals surface area contributed by atoms with Crippen molar-refractivity contribution < 1.29 is 13.6 Å². The van der Waals surface area contributed by atoms with E-state index in [1.807, 2.05) is 17.5 Å².